The van der Waals surface area contributed by atoms with Crippen molar-refractivity contribution in [2.45, 2.75) is 13.8 Å². The lowest BCUT2D eigenvalue weighted by Gasteiger charge is -2.08. The van der Waals surface area contributed by atoms with Gasteiger partial charge in [0.15, 0.2) is 6.61 Å². The Hall–Kier alpha value is -3.46. The fraction of sp³-hybridized carbons (Fsp3) is 0.190. The molecular weight excluding hydrogens is 407 g/mol. The lowest BCUT2D eigenvalue weighted by molar-refractivity contribution is -0.118. The second-order valence-electron chi connectivity index (χ2n) is 6.41. The van der Waals surface area contributed by atoms with Crippen molar-refractivity contribution in [1.29, 1.82) is 0 Å². The fourth-order valence-corrected chi connectivity index (χ4v) is 3.82. The molecule has 154 valence electrons. The van der Waals surface area contributed by atoms with Crippen LogP contribution in [-0.2, 0) is 4.79 Å². The average Bonchev–Trinajstić information content (AvgIpc) is 3.31. The van der Waals surface area contributed by atoms with Crippen LogP contribution in [0.15, 0.2) is 48.5 Å². The van der Waals surface area contributed by atoms with E-state index in [1.807, 2.05) is 32.0 Å². The lowest BCUT2D eigenvalue weighted by Crippen LogP contribution is -2.21. The molecule has 7 nitrogen and oxygen atoms in total. The van der Waals surface area contributed by atoms with Crippen LogP contribution in [0, 0.1) is 12.7 Å². The van der Waals surface area contributed by atoms with Gasteiger partial charge in [-0.15, -0.1) is 0 Å². The molecule has 0 radical (unpaired) electrons. The summed E-state index contributed by atoms with van der Waals surface area (Å²) in [5.74, 6) is 0.869. The quantitative estimate of drug-likeness (QED) is 0.475. The van der Waals surface area contributed by atoms with Gasteiger partial charge < -0.3 is 14.8 Å². The van der Waals surface area contributed by atoms with E-state index in [-0.39, 0.29) is 18.3 Å². The monoisotopic (exact) mass is 426 g/mol. The van der Waals surface area contributed by atoms with Crippen molar-refractivity contribution in [2.75, 3.05) is 18.5 Å². The first-order valence-corrected chi connectivity index (χ1v) is 10.1. The third-order valence-corrected chi connectivity index (χ3v) is 5.13. The van der Waals surface area contributed by atoms with Crippen LogP contribution in [0.1, 0.15) is 12.6 Å². The van der Waals surface area contributed by atoms with E-state index in [1.54, 1.807) is 10.7 Å². The van der Waals surface area contributed by atoms with Crippen molar-refractivity contribution in [3.05, 3.63) is 60.0 Å². The second-order valence-corrected chi connectivity index (χ2v) is 7.41. The van der Waals surface area contributed by atoms with Gasteiger partial charge in [0.05, 0.1) is 17.0 Å². The summed E-state index contributed by atoms with van der Waals surface area (Å²) >= 11 is 1.45. The molecule has 2 aromatic carbocycles. The number of fused-ring (bicyclic) bond motifs is 1. The number of halogens is 1. The summed E-state index contributed by atoms with van der Waals surface area (Å²) in [6, 6.07) is 13.0. The van der Waals surface area contributed by atoms with E-state index in [2.05, 4.69) is 15.4 Å². The highest BCUT2D eigenvalue weighted by atomic mass is 32.1. The van der Waals surface area contributed by atoms with Crippen molar-refractivity contribution in [3.63, 3.8) is 0 Å². The SMILES string of the molecule is CCOc1cccc2sc(-n3nc(C)cc3NC(=O)COc3ccc(F)cc3)nc12. The molecule has 0 fully saturated rings. The zero-order valence-electron chi connectivity index (χ0n) is 16.4. The normalized spacial score (nSPS) is 10.9. The molecule has 0 saturated carbocycles. The largest absolute Gasteiger partial charge is 0.492 e. The number of carbonyl (C=O) groups is 1. The van der Waals surface area contributed by atoms with Gasteiger partial charge in [-0.05, 0) is 50.2 Å². The van der Waals surface area contributed by atoms with E-state index in [4.69, 9.17) is 9.47 Å². The van der Waals surface area contributed by atoms with Crippen LogP contribution < -0.4 is 14.8 Å². The first-order valence-electron chi connectivity index (χ1n) is 9.31. The number of nitrogens with one attached hydrogen (secondary N) is 1. The van der Waals surface area contributed by atoms with E-state index in [9.17, 15) is 9.18 Å². The molecule has 0 aliphatic carbocycles. The minimum Gasteiger partial charge on any atom is -0.492 e. The van der Waals surface area contributed by atoms with Crippen LogP contribution in [0.4, 0.5) is 10.2 Å². The zero-order chi connectivity index (χ0) is 21.1. The van der Waals surface area contributed by atoms with Gasteiger partial charge in [0.1, 0.15) is 28.7 Å². The Morgan fingerprint density at radius 3 is 2.77 bits per heavy atom. The van der Waals surface area contributed by atoms with Gasteiger partial charge in [-0.3, -0.25) is 4.79 Å². The summed E-state index contributed by atoms with van der Waals surface area (Å²) in [6.45, 7) is 4.08. The van der Waals surface area contributed by atoms with Crippen LogP contribution in [0.25, 0.3) is 15.3 Å². The number of carbonyl (C=O) groups excluding carboxylic acids is 1. The molecule has 0 saturated heterocycles. The van der Waals surface area contributed by atoms with E-state index < -0.39 is 0 Å². The van der Waals surface area contributed by atoms with Crippen molar-refractivity contribution >= 4 is 33.3 Å². The number of amides is 1. The summed E-state index contributed by atoms with van der Waals surface area (Å²) in [4.78, 5) is 17.0. The molecule has 1 N–H and O–H groups in total. The highest BCUT2D eigenvalue weighted by Crippen LogP contribution is 2.32. The first-order chi connectivity index (χ1) is 14.5. The van der Waals surface area contributed by atoms with Crippen LogP contribution in [0.3, 0.4) is 0 Å². The highest BCUT2D eigenvalue weighted by molar-refractivity contribution is 7.20. The maximum absolute atomic E-state index is 13.0. The van der Waals surface area contributed by atoms with Gasteiger partial charge in [0, 0.05) is 6.07 Å². The summed E-state index contributed by atoms with van der Waals surface area (Å²) < 4.78 is 26.6. The van der Waals surface area contributed by atoms with Crippen LogP contribution >= 0.6 is 11.3 Å². The molecule has 2 aromatic heterocycles. The number of benzene rings is 2. The number of ether oxygens (including phenoxy) is 2. The van der Waals surface area contributed by atoms with Gasteiger partial charge in [0.2, 0.25) is 5.13 Å². The third kappa shape index (κ3) is 4.25. The number of hydrogen-bond donors (Lipinski definition) is 1. The number of hydrogen-bond acceptors (Lipinski definition) is 6. The van der Waals surface area contributed by atoms with Crippen molar-refractivity contribution in [3.8, 4) is 16.6 Å². The van der Waals surface area contributed by atoms with Crippen molar-refractivity contribution in [1.82, 2.24) is 14.8 Å². The molecule has 1 amide bonds. The maximum atomic E-state index is 13.0. The minimum atomic E-state index is -0.366. The summed E-state index contributed by atoms with van der Waals surface area (Å²) in [6.07, 6.45) is 0. The molecule has 0 aliphatic heterocycles. The highest BCUT2D eigenvalue weighted by Gasteiger charge is 2.16. The van der Waals surface area contributed by atoms with Crippen molar-refractivity contribution in [2.24, 2.45) is 0 Å². The Kier molecular flexibility index (Phi) is 5.62. The third-order valence-electron chi connectivity index (χ3n) is 4.13. The van der Waals surface area contributed by atoms with Crippen LogP contribution in [-0.4, -0.2) is 33.9 Å². The Morgan fingerprint density at radius 2 is 2.00 bits per heavy atom. The molecule has 4 aromatic rings. The molecule has 9 heteroatoms. The van der Waals surface area contributed by atoms with E-state index in [0.29, 0.717) is 29.1 Å². The predicted molar refractivity (Wildman–Crippen MR) is 113 cm³/mol. The van der Waals surface area contributed by atoms with E-state index in [1.165, 1.54) is 35.6 Å². The van der Waals surface area contributed by atoms with Gasteiger partial charge in [-0.2, -0.15) is 9.78 Å². The molecule has 4 rings (SSSR count). The Labute approximate surface area is 176 Å². The second kappa shape index (κ2) is 8.50. The number of aromatic nitrogens is 3. The Bertz CT molecular complexity index is 1190. The number of para-hydroxylation sites is 1. The number of nitrogens with zero attached hydrogens (tertiary/aromatic N) is 3. The average molecular weight is 426 g/mol. The number of rotatable bonds is 7. The topological polar surface area (TPSA) is 78.3 Å². The molecule has 30 heavy (non-hydrogen) atoms. The summed E-state index contributed by atoms with van der Waals surface area (Å²) in [5, 5.41) is 7.86. The Balaban J connectivity index is 1.54. The van der Waals surface area contributed by atoms with Crippen LogP contribution in [0.2, 0.25) is 0 Å². The fourth-order valence-electron chi connectivity index (χ4n) is 2.87. The van der Waals surface area contributed by atoms with Crippen LogP contribution in [0.5, 0.6) is 11.5 Å². The summed E-state index contributed by atoms with van der Waals surface area (Å²) in [7, 11) is 0. The molecular formula is C21H19FN4O3S. The van der Waals surface area contributed by atoms with Crippen molar-refractivity contribution < 1.29 is 18.7 Å². The molecule has 2 heterocycles. The number of anilines is 1. The lowest BCUT2D eigenvalue weighted by atomic mass is 10.3. The predicted octanol–water partition coefficient (Wildman–Crippen LogP) is 4.35. The van der Waals surface area contributed by atoms with Gasteiger partial charge in [0.25, 0.3) is 5.91 Å². The van der Waals surface area contributed by atoms with E-state index in [0.717, 1.165) is 15.9 Å². The van der Waals surface area contributed by atoms with Gasteiger partial charge in [-0.1, -0.05) is 17.4 Å². The Morgan fingerprint density at radius 1 is 1.20 bits per heavy atom. The number of aryl methyl sites for hydroxylation is 1. The zero-order valence-corrected chi connectivity index (χ0v) is 17.2. The molecule has 0 unspecified atom stereocenters. The van der Waals surface area contributed by atoms with Gasteiger partial charge >= 0.3 is 0 Å². The molecule has 0 bridgehead atoms. The smallest absolute Gasteiger partial charge is 0.263 e. The first kappa shape index (κ1) is 19.8. The summed E-state index contributed by atoms with van der Waals surface area (Å²) in [5.41, 5.74) is 1.48. The molecule has 0 atom stereocenters. The number of thiazole rings is 1. The maximum Gasteiger partial charge on any atom is 0.263 e. The van der Waals surface area contributed by atoms with E-state index >= 15 is 0 Å². The molecule has 0 spiro atoms. The minimum absolute atomic E-state index is 0.218. The standard InChI is InChI=1S/C21H19FN4O3S/c1-3-28-16-5-4-6-17-20(16)24-21(30-17)26-18(11-13(2)25-26)23-19(27)12-29-15-9-7-14(22)8-10-15/h4-11H,3,12H2,1-2H3,(H,23,27). The van der Waals surface area contributed by atoms with Gasteiger partial charge in [-0.25, -0.2) is 9.37 Å². The molecule has 0 aliphatic rings.